The lowest BCUT2D eigenvalue weighted by Crippen LogP contribution is -2.40. The molecule has 1 amide bonds. The summed E-state index contributed by atoms with van der Waals surface area (Å²) in [5.41, 5.74) is 5.15. The number of hydrogen-bond donors (Lipinski definition) is 1. The first-order valence-electron chi connectivity index (χ1n) is 11.4. The molecule has 3 aromatic carbocycles. The van der Waals surface area contributed by atoms with Gasteiger partial charge in [0.15, 0.2) is 5.76 Å². The number of hydrogen-bond acceptors (Lipinski definition) is 3. The van der Waals surface area contributed by atoms with E-state index in [1.807, 2.05) is 66.4 Å². The monoisotopic (exact) mass is 514 g/mol. The number of nitrogens with one attached hydrogen (secondary N) is 1. The highest BCUT2D eigenvalue weighted by atomic mass is 79.9. The Labute approximate surface area is 205 Å². The number of ether oxygens (including phenoxy) is 1. The van der Waals surface area contributed by atoms with Gasteiger partial charge in [-0.05, 0) is 66.9 Å². The van der Waals surface area contributed by atoms with Gasteiger partial charge in [0.1, 0.15) is 11.3 Å². The van der Waals surface area contributed by atoms with Gasteiger partial charge in [-0.2, -0.15) is 0 Å². The molecule has 6 heteroatoms. The number of carbonyl (C=O) groups excluding carboxylic acids is 1. The van der Waals surface area contributed by atoms with Crippen LogP contribution in [0.3, 0.4) is 0 Å². The van der Waals surface area contributed by atoms with E-state index < -0.39 is 0 Å². The molecule has 0 spiro atoms. The minimum atomic E-state index is -0.251. The molecule has 34 heavy (non-hydrogen) atoms. The maximum atomic E-state index is 13.8. The maximum absolute atomic E-state index is 13.8. The fraction of sp³-hybridized carbons (Fsp3) is 0.179. The molecule has 0 saturated carbocycles. The van der Waals surface area contributed by atoms with Crippen LogP contribution in [-0.4, -0.2) is 28.9 Å². The summed E-state index contributed by atoms with van der Waals surface area (Å²) >= 11 is 3.50. The van der Waals surface area contributed by atoms with E-state index in [1.165, 1.54) is 10.9 Å². The summed E-state index contributed by atoms with van der Waals surface area (Å²) in [6.45, 7) is 3.19. The van der Waals surface area contributed by atoms with E-state index >= 15 is 0 Å². The van der Waals surface area contributed by atoms with Crippen molar-refractivity contribution in [1.29, 1.82) is 0 Å². The van der Waals surface area contributed by atoms with Crippen LogP contribution in [0, 0.1) is 0 Å². The van der Waals surface area contributed by atoms with Gasteiger partial charge in [0, 0.05) is 33.0 Å². The highest BCUT2D eigenvalue weighted by Crippen LogP contribution is 2.40. The van der Waals surface area contributed by atoms with Crippen molar-refractivity contribution in [1.82, 2.24) is 9.88 Å². The number of aromatic amines is 1. The van der Waals surface area contributed by atoms with Crippen molar-refractivity contribution < 1.29 is 13.9 Å². The van der Waals surface area contributed by atoms with E-state index in [0.717, 1.165) is 38.8 Å². The van der Waals surface area contributed by atoms with Gasteiger partial charge in [-0.3, -0.25) is 4.79 Å². The van der Waals surface area contributed by atoms with E-state index in [9.17, 15) is 4.79 Å². The van der Waals surface area contributed by atoms with Gasteiger partial charge in [0.25, 0.3) is 5.91 Å². The number of benzene rings is 3. The molecule has 3 heterocycles. The number of carbonyl (C=O) groups is 1. The molecule has 1 unspecified atom stereocenters. The Morgan fingerprint density at radius 1 is 1.12 bits per heavy atom. The van der Waals surface area contributed by atoms with Gasteiger partial charge in [-0.15, -0.1) is 0 Å². The molecule has 0 bridgehead atoms. The number of amides is 1. The number of aromatic nitrogens is 1. The SMILES string of the molecule is CCOc1ccc(C2c3[nH]c4ccccc4c3CCN2C(=O)c2cc3cc(Br)ccc3o2)cc1. The molecule has 2 aromatic heterocycles. The van der Waals surface area contributed by atoms with Crippen LogP contribution in [0.15, 0.2) is 81.7 Å². The van der Waals surface area contributed by atoms with Crippen molar-refractivity contribution in [2.75, 3.05) is 13.2 Å². The van der Waals surface area contributed by atoms with Crippen LogP contribution >= 0.6 is 15.9 Å². The molecule has 1 atom stereocenters. The standard InChI is InChI=1S/C28H23BrN2O3/c1-2-33-20-10-7-17(8-11-20)27-26-22(21-5-3-4-6-23(21)30-26)13-14-31(27)28(32)25-16-18-15-19(29)9-12-24(18)34-25/h3-12,15-16,27,30H,2,13-14H2,1H3. The lowest BCUT2D eigenvalue weighted by Gasteiger charge is -2.35. The van der Waals surface area contributed by atoms with Crippen molar-refractivity contribution in [3.63, 3.8) is 0 Å². The van der Waals surface area contributed by atoms with Crippen LogP contribution in [0.4, 0.5) is 0 Å². The Morgan fingerprint density at radius 2 is 1.94 bits per heavy atom. The molecule has 6 rings (SSSR count). The van der Waals surface area contributed by atoms with Crippen LogP contribution in [0.2, 0.25) is 0 Å². The molecule has 1 aliphatic rings. The number of nitrogens with zero attached hydrogens (tertiary/aromatic N) is 1. The van der Waals surface area contributed by atoms with Crippen LogP contribution < -0.4 is 4.74 Å². The fourth-order valence-corrected chi connectivity index (χ4v) is 5.36. The fourth-order valence-electron chi connectivity index (χ4n) is 4.98. The predicted octanol–water partition coefficient (Wildman–Crippen LogP) is 6.86. The van der Waals surface area contributed by atoms with Gasteiger partial charge >= 0.3 is 0 Å². The van der Waals surface area contributed by atoms with Crippen LogP contribution in [0.25, 0.3) is 21.9 Å². The number of para-hydroxylation sites is 1. The highest BCUT2D eigenvalue weighted by molar-refractivity contribution is 9.10. The molecule has 5 nitrogen and oxygen atoms in total. The third-order valence-electron chi connectivity index (χ3n) is 6.49. The highest BCUT2D eigenvalue weighted by Gasteiger charge is 2.36. The quantitative estimate of drug-likeness (QED) is 0.285. The summed E-state index contributed by atoms with van der Waals surface area (Å²) in [5.74, 6) is 1.05. The van der Waals surface area contributed by atoms with E-state index in [0.29, 0.717) is 24.5 Å². The minimum absolute atomic E-state index is 0.115. The zero-order valence-electron chi connectivity index (χ0n) is 18.7. The summed E-state index contributed by atoms with van der Waals surface area (Å²) in [6, 6.07) is 23.7. The first kappa shape index (κ1) is 21.1. The van der Waals surface area contributed by atoms with Crippen molar-refractivity contribution in [3.8, 4) is 5.75 Å². The van der Waals surface area contributed by atoms with Gasteiger partial charge in [-0.1, -0.05) is 46.3 Å². The van der Waals surface area contributed by atoms with Crippen molar-refractivity contribution in [2.45, 2.75) is 19.4 Å². The first-order chi connectivity index (χ1) is 16.6. The normalized spacial score (nSPS) is 15.6. The Bertz CT molecular complexity index is 1520. The van der Waals surface area contributed by atoms with E-state index in [2.05, 4.69) is 39.1 Å². The molecule has 0 saturated heterocycles. The average Bonchev–Trinajstić information content (AvgIpc) is 3.45. The lowest BCUT2D eigenvalue weighted by molar-refractivity contribution is 0.0661. The molecule has 0 radical (unpaired) electrons. The molecular formula is C28H23BrN2O3. The molecular weight excluding hydrogens is 492 g/mol. The smallest absolute Gasteiger partial charge is 0.290 e. The molecule has 1 N–H and O–H groups in total. The largest absolute Gasteiger partial charge is 0.494 e. The second-order valence-corrected chi connectivity index (χ2v) is 9.42. The Morgan fingerprint density at radius 3 is 2.76 bits per heavy atom. The molecule has 0 fully saturated rings. The first-order valence-corrected chi connectivity index (χ1v) is 12.2. The van der Waals surface area contributed by atoms with E-state index in [4.69, 9.17) is 9.15 Å². The van der Waals surface area contributed by atoms with Crippen molar-refractivity contribution >= 4 is 43.7 Å². The average molecular weight is 515 g/mol. The topological polar surface area (TPSA) is 58.5 Å². The summed E-state index contributed by atoms with van der Waals surface area (Å²) in [6.07, 6.45) is 0.782. The van der Waals surface area contributed by atoms with Crippen LogP contribution in [-0.2, 0) is 6.42 Å². The van der Waals surface area contributed by atoms with Gasteiger partial charge in [0.2, 0.25) is 0 Å². The molecule has 1 aliphatic heterocycles. The van der Waals surface area contributed by atoms with E-state index in [1.54, 1.807) is 0 Å². The zero-order chi connectivity index (χ0) is 23.2. The van der Waals surface area contributed by atoms with Gasteiger partial charge in [0.05, 0.1) is 12.6 Å². The number of fused-ring (bicyclic) bond motifs is 4. The predicted molar refractivity (Wildman–Crippen MR) is 136 cm³/mol. The summed E-state index contributed by atoms with van der Waals surface area (Å²) in [5, 5.41) is 2.12. The Balaban J connectivity index is 1.46. The number of furan rings is 1. The maximum Gasteiger partial charge on any atom is 0.290 e. The van der Waals surface area contributed by atoms with Crippen LogP contribution in [0.5, 0.6) is 5.75 Å². The zero-order valence-corrected chi connectivity index (χ0v) is 20.3. The molecule has 170 valence electrons. The second-order valence-electron chi connectivity index (χ2n) is 8.51. The third kappa shape index (κ3) is 3.49. The molecule has 0 aliphatic carbocycles. The Kier molecular flexibility index (Phi) is 5.18. The van der Waals surface area contributed by atoms with Crippen molar-refractivity contribution in [2.24, 2.45) is 0 Å². The number of H-pyrrole nitrogens is 1. The van der Waals surface area contributed by atoms with Crippen LogP contribution in [0.1, 0.15) is 40.3 Å². The van der Waals surface area contributed by atoms with E-state index in [-0.39, 0.29) is 11.9 Å². The van der Waals surface area contributed by atoms with Crippen molar-refractivity contribution in [3.05, 3.63) is 99.9 Å². The second kappa shape index (κ2) is 8.37. The number of halogens is 1. The van der Waals surface area contributed by atoms with Gasteiger partial charge < -0.3 is 19.0 Å². The third-order valence-corrected chi connectivity index (χ3v) is 6.98. The minimum Gasteiger partial charge on any atom is -0.494 e. The Hall–Kier alpha value is -3.51. The number of rotatable bonds is 4. The summed E-state index contributed by atoms with van der Waals surface area (Å²) in [4.78, 5) is 19.3. The molecule has 5 aromatic rings. The summed E-state index contributed by atoms with van der Waals surface area (Å²) in [7, 11) is 0. The summed E-state index contributed by atoms with van der Waals surface area (Å²) < 4.78 is 12.6. The van der Waals surface area contributed by atoms with Gasteiger partial charge in [-0.25, -0.2) is 0 Å². The lowest BCUT2D eigenvalue weighted by atomic mass is 9.92.